The molecule has 0 aliphatic heterocycles. The van der Waals surface area contributed by atoms with Crippen molar-refractivity contribution in [2.24, 2.45) is 5.92 Å². The first kappa shape index (κ1) is 14.3. The summed E-state index contributed by atoms with van der Waals surface area (Å²) in [5.41, 5.74) is 0.452. The molecular formula is C12H16Cl2N2O. The standard InChI is InChI=1S/C12H16Cl2N2O/c1-8(6-15-2)7-16-12(17)10-4-3-9(13)5-11(10)14/h3-5,8,15H,6-7H2,1-2H3,(H,16,17). The Balaban J connectivity index is 2.58. The van der Waals surface area contributed by atoms with Crippen LogP contribution in [-0.4, -0.2) is 26.0 Å². The van der Waals surface area contributed by atoms with Crippen LogP contribution in [0.25, 0.3) is 0 Å². The number of nitrogens with one attached hydrogen (secondary N) is 2. The molecule has 1 aromatic rings. The van der Waals surface area contributed by atoms with Gasteiger partial charge in [-0.05, 0) is 37.7 Å². The normalized spacial score (nSPS) is 12.2. The van der Waals surface area contributed by atoms with Gasteiger partial charge in [-0.2, -0.15) is 0 Å². The first-order valence-electron chi connectivity index (χ1n) is 5.42. The molecule has 0 heterocycles. The molecule has 0 aliphatic carbocycles. The van der Waals surface area contributed by atoms with Gasteiger partial charge in [0.25, 0.3) is 5.91 Å². The summed E-state index contributed by atoms with van der Waals surface area (Å²) < 4.78 is 0. The second kappa shape index (κ2) is 6.84. The lowest BCUT2D eigenvalue weighted by Crippen LogP contribution is -2.32. The van der Waals surface area contributed by atoms with E-state index in [2.05, 4.69) is 17.6 Å². The van der Waals surface area contributed by atoms with Crippen LogP contribution in [0.5, 0.6) is 0 Å². The Morgan fingerprint density at radius 2 is 2.06 bits per heavy atom. The van der Waals surface area contributed by atoms with Gasteiger partial charge >= 0.3 is 0 Å². The molecule has 94 valence electrons. The first-order chi connectivity index (χ1) is 8.04. The molecule has 0 saturated carbocycles. The lowest BCUT2D eigenvalue weighted by Gasteiger charge is -2.12. The molecule has 3 nitrogen and oxygen atoms in total. The largest absolute Gasteiger partial charge is 0.352 e. The summed E-state index contributed by atoms with van der Waals surface area (Å²) in [5, 5.41) is 6.79. The van der Waals surface area contributed by atoms with E-state index in [0.717, 1.165) is 6.54 Å². The van der Waals surface area contributed by atoms with E-state index in [1.807, 2.05) is 7.05 Å². The lowest BCUT2D eigenvalue weighted by atomic mass is 10.1. The molecule has 5 heteroatoms. The average Bonchev–Trinajstić information content (AvgIpc) is 2.26. The minimum Gasteiger partial charge on any atom is -0.352 e. The predicted octanol–water partition coefficient (Wildman–Crippen LogP) is 2.58. The molecule has 1 rings (SSSR count). The minimum atomic E-state index is -0.172. The molecule has 0 saturated heterocycles. The van der Waals surface area contributed by atoms with Crippen molar-refractivity contribution in [2.45, 2.75) is 6.92 Å². The fourth-order valence-electron chi connectivity index (χ4n) is 1.46. The number of hydrogen-bond donors (Lipinski definition) is 2. The van der Waals surface area contributed by atoms with Crippen LogP contribution in [0.1, 0.15) is 17.3 Å². The molecule has 0 aromatic heterocycles. The van der Waals surface area contributed by atoms with Crippen molar-refractivity contribution in [1.29, 1.82) is 0 Å². The zero-order valence-electron chi connectivity index (χ0n) is 9.89. The molecular weight excluding hydrogens is 259 g/mol. The van der Waals surface area contributed by atoms with Crippen molar-refractivity contribution in [3.8, 4) is 0 Å². The van der Waals surface area contributed by atoms with Crippen LogP contribution in [0.4, 0.5) is 0 Å². The third kappa shape index (κ3) is 4.54. The summed E-state index contributed by atoms with van der Waals surface area (Å²) in [6, 6.07) is 4.84. The summed E-state index contributed by atoms with van der Waals surface area (Å²) in [6.07, 6.45) is 0. The van der Waals surface area contributed by atoms with Gasteiger partial charge in [-0.3, -0.25) is 4.79 Å². The van der Waals surface area contributed by atoms with Gasteiger partial charge in [-0.25, -0.2) is 0 Å². The van der Waals surface area contributed by atoms with Gasteiger partial charge in [0.2, 0.25) is 0 Å². The smallest absolute Gasteiger partial charge is 0.252 e. The maximum Gasteiger partial charge on any atom is 0.252 e. The quantitative estimate of drug-likeness (QED) is 0.867. The molecule has 1 unspecified atom stereocenters. The number of carbonyl (C=O) groups excluding carboxylic acids is 1. The summed E-state index contributed by atoms with van der Waals surface area (Å²) in [6.45, 7) is 3.52. The molecule has 1 atom stereocenters. The van der Waals surface area contributed by atoms with Gasteiger partial charge in [-0.1, -0.05) is 30.1 Å². The second-order valence-corrected chi connectivity index (χ2v) is 4.84. The highest BCUT2D eigenvalue weighted by atomic mass is 35.5. The molecule has 17 heavy (non-hydrogen) atoms. The van der Waals surface area contributed by atoms with Gasteiger partial charge in [0.05, 0.1) is 10.6 Å². The third-order valence-corrected chi connectivity index (χ3v) is 2.89. The van der Waals surface area contributed by atoms with Crippen molar-refractivity contribution < 1.29 is 4.79 Å². The highest BCUT2D eigenvalue weighted by Gasteiger charge is 2.11. The van der Waals surface area contributed by atoms with E-state index in [1.165, 1.54) is 0 Å². The Bertz CT molecular complexity index is 396. The van der Waals surface area contributed by atoms with E-state index in [4.69, 9.17) is 23.2 Å². The van der Waals surface area contributed by atoms with Crippen LogP contribution in [0.3, 0.4) is 0 Å². The topological polar surface area (TPSA) is 41.1 Å². The summed E-state index contributed by atoms with van der Waals surface area (Å²) in [4.78, 5) is 11.8. The molecule has 0 bridgehead atoms. The fraction of sp³-hybridized carbons (Fsp3) is 0.417. The maximum absolute atomic E-state index is 11.8. The Hall–Kier alpha value is -0.770. The highest BCUT2D eigenvalue weighted by Crippen LogP contribution is 2.20. The van der Waals surface area contributed by atoms with Gasteiger partial charge in [0.15, 0.2) is 0 Å². The van der Waals surface area contributed by atoms with Gasteiger partial charge in [0, 0.05) is 11.6 Å². The predicted molar refractivity (Wildman–Crippen MR) is 71.9 cm³/mol. The summed E-state index contributed by atoms with van der Waals surface area (Å²) in [5.74, 6) is 0.199. The second-order valence-electron chi connectivity index (χ2n) is 4.00. The number of benzene rings is 1. The SMILES string of the molecule is CNCC(C)CNC(=O)c1ccc(Cl)cc1Cl. The van der Waals surface area contributed by atoms with Crippen molar-refractivity contribution in [2.75, 3.05) is 20.1 Å². The minimum absolute atomic E-state index is 0.172. The molecule has 0 aliphatic rings. The maximum atomic E-state index is 11.8. The fourth-order valence-corrected chi connectivity index (χ4v) is 1.95. The number of halogens is 2. The van der Waals surface area contributed by atoms with E-state index in [1.54, 1.807) is 18.2 Å². The Morgan fingerprint density at radius 3 is 2.65 bits per heavy atom. The van der Waals surface area contributed by atoms with Crippen molar-refractivity contribution >= 4 is 29.1 Å². The van der Waals surface area contributed by atoms with Crippen molar-refractivity contribution in [3.63, 3.8) is 0 Å². The van der Waals surface area contributed by atoms with Crippen LogP contribution in [0.15, 0.2) is 18.2 Å². The molecule has 1 aromatic carbocycles. The number of rotatable bonds is 5. The zero-order valence-corrected chi connectivity index (χ0v) is 11.4. The van der Waals surface area contributed by atoms with E-state index < -0.39 is 0 Å². The van der Waals surface area contributed by atoms with Crippen LogP contribution >= 0.6 is 23.2 Å². The van der Waals surface area contributed by atoms with Crippen LogP contribution in [0, 0.1) is 5.92 Å². The number of amides is 1. The van der Waals surface area contributed by atoms with Crippen molar-refractivity contribution in [3.05, 3.63) is 33.8 Å². The van der Waals surface area contributed by atoms with E-state index in [-0.39, 0.29) is 5.91 Å². The van der Waals surface area contributed by atoms with Crippen molar-refractivity contribution in [1.82, 2.24) is 10.6 Å². The molecule has 0 spiro atoms. The van der Waals surface area contributed by atoms with E-state index >= 15 is 0 Å². The summed E-state index contributed by atoms with van der Waals surface area (Å²) >= 11 is 11.7. The average molecular weight is 275 g/mol. The van der Waals surface area contributed by atoms with E-state index in [9.17, 15) is 4.79 Å². The van der Waals surface area contributed by atoms with Crippen LogP contribution in [-0.2, 0) is 0 Å². The van der Waals surface area contributed by atoms with Gasteiger partial charge in [0.1, 0.15) is 0 Å². The Morgan fingerprint density at radius 1 is 1.35 bits per heavy atom. The first-order valence-corrected chi connectivity index (χ1v) is 6.18. The zero-order chi connectivity index (χ0) is 12.8. The summed E-state index contributed by atoms with van der Waals surface area (Å²) in [7, 11) is 1.88. The molecule has 0 fully saturated rings. The van der Waals surface area contributed by atoms with E-state index in [0.29, 0.717) is 28.1 Å². The lowest BCUT2D eigenvalue weighted by molar-refractivity contribution is 0.0948. The highest BCUT2D eigenvalue weighted by molar-refractivity contribution is 6.36. The molecule has 2 N–H and O–H groups in total. The third-order valence-electron chi connectivity index (χ3n) is 2.34. The Labute approximate surface area is 111 Å². The number of hydrogen-bond acceptors (Lipinski definition) is 2. The monoisotopic (exact) mass is 274 g/mol. The van der Waals surface area contributed by atoms with Crippen LogP contribution in [0.2, 0.25) is 10.0 Å². The van der Waals surface area contributed by atoms with Gasteiger partial charge in [-0.15, -0.1) is 0 Å². The molecule has 0 radical (unpaired) electrons. The Kier molecular flexibility index (Phi) is 5.75. The van der Waals surface area contributed by atoms with Crippen LogP contribution < -0.4 is 10.6 Å². The van der Waals surface area contributed by atoms with Gasteiger partial charge < -0.3 is 10.6 Å². The number of carbonyl (C=O) groups is 1. The molecule has 1 amide bonds.